The van der Waals surface area contributed by atoms with Crippen LogP contribution in [0.25, 0.3) is 10.1 Å². The summed E-state index contributed by atoms with van der Waals surface area (Å²) in [5.41, 5.74) is 1.05. The number of carboxylic acids is 1. The molecule has 0 spiro atoms. The fraction of sp³-hybridized carbons (Fsp3) is 0.333. The molecule has 2 aromatic carbocycles. The van der Waals surface area contributed by atoms with E-state index in [0.717, 1.165) is 40.8 Å². The summed E-state index contributed by atoms with van der Waals surface area (Å²) in [7, 11) is -1.15. The van der Waals surface area contributed by atoms with E-state index in [1.807, 2.05) is 62.4 Å². The Kier molecular flexibility index (Phi) is 7.09. The van der Waals surface area contributed by atoms with Crippen molar-refractivity contribution in [3.8, 4) is 5.75 Å². The van der Waals surface area contributed by atoms with Gasteiger partial charge in [-0.1, -0.05) is 24.3 Å². The molecule has 1 fully saturated rings. The third-order valence-electron chi connectivity index (χ3n) is 5.20. The Morgan fingerprint density at radius 3 is 2.69 bits per heavy atom. The number of para-hydroxylation sites is 1. The molecular formula is C24H26NO5PS. The Balaban J connectivity index is 1.61. The Labute approximate surface area is 192 Å². The largest absolute Gasteiger partial charge is 0.477 e. The minimum absolute atomic E-state index is 0.157. The fourth-order valence-electron chi connectivity index (χ4n) is 3.80. The van der Waals surface area contributed by atoms with E-state index in [0.29, 0.717) is 11.0 Å². The van der Waals surface area contributed by atoms with Crippen LogP contribution < -0.4 is 4.52 Å². The molecule has 0 aliphatic carbocycles. The third kappa shape index (κ3) is 5.29. The molecule has 1 aliphatic rings. The number of aromatic carboxylic acids is 1. The molecular weight excluding hydrogens is 445 g/mol. The van der Waals surface area contributed by atoms with Crippen molar-refractivity contribution in [3.63, 3.8) is 0 Å². The van der Waals surface area contributed by atoms with Gasteiger partial charge < -0.3 is 14.4 Å². The van der Waals surface area contributed by atoms with Gasteiger partial charge in [-0.2, -0.15) is 0 Å². The minimum atomic E-state index is -1.15. The molecule has 0 saturated carbocycles. The number of hydrogen-bond acceptors (Lipinski definition) is 6. The van der Waals surface area contributed by atoms with Crippen LogP contribution in [0.5, 0.6) is 5.75 Å². The first-order valence-corrected chi connectivity index (χ1v) is 12.9. The van der Waals surface area contributed by atoms with Gasteiger partial charge in [-0.05, 0) is 68.0 Å². The van der Waals surface area contributed by atoms with Crippen LogP contribution >= 0.6 is 19.6 Å². The zero-order chi connectivity index (χ0) is 22.7. The van der Waals surface area contributed by atoms with Gasteiger partial charge in [-0.3, -0.25) is 4.79 Å². The molecule has 1 aliphatic heterocycles. The average molecular weight is 472 g/mol. The van der Waals surface area contributed by atoms with Crippen LogP contribution in [0.4, 0.5) is 0 Å². The smallest absolute Gasteiger partial charge is 0.345 e. The molecule has 8 heteroatoms. The fourth-order valence-corrected chi connectivity index (χ4v) is 6.79. The van der Waals surface area contributed by atoms with Gasteiger partial charge in [0.2, 0.25) is 0 Å². The van der Waals surface area contributed by atoms with Crippen molar-refractivity contribution < 1.29 is 24.0 Å². The summed E-state index contributed by atoms with van der Waals surface area (Å²) in [6, 6.07) is 17.1. The summed E-state index contributed by atoms with van der Waals surface area (Å²) in [4.78, 5) is 24.4. The maximum absolute atomic E-state index is 12.8. The summed E-state index contributed by atoms with van der Waals surface area (Å²) in [5, 5.41) is 10.2. The molecule has 168 valence electrons. The van der Waals surface area contributed by atoms with Crippen LogP contribution in [0, 0.1) is 0 Å². The van der Waals surface area contributed by atoms with Gasteiger partial charge in [-0.25, -0.2) is 9.46 Å². The first kappa shape index (κ1) is 22.7. The quantitative estimate of drug-likeness (QED) is 0.325. The van der Waals surface area contributed by atoms with Crippen molar-refractivity contribution in [1.29, 1.82) is 0 Å². The predicted octanol–water partition coefficient (Wildman–Crippen LogP) is 5.91. The van der Waals surface area contributed by atoms with Crippen LogP contribution in [0.2, 0.25) is 0 Å². The van der Waals surface area contributed by atoms with E-state index < -0.39 is 14.3 Å². The topological polar surface area (TPSA) is 76.1 Å². The monoisotopic (exact) mass is 471 g/mol. The second-order valence-electron chi connectivity index (χ2n) is 8.01. The molecule has 3 aromatic rings. The lowest BCUT2D eigenvalue weighted by molar-refractivity contribution is -0.151. The lowest BCUT2D eigenvalue weighted by Gasteiger charge is -2.31. The number of ether oxygens (including phenoxy) is 1. The van der Waals surface area contributed by atoms with Crippen LogP contribution in [0.1, 0.15) is 41.9 Å². The Bertz CT molecular complexity index is 1100. The van der Waals surface area contributed by atoms with E-state index in [2.05, 4.69) is 4.67 Å². The first-order valence-electron chi connectivity index (χ1n) is 10.6. The second-order valence-corrected chi connectivity index (χ2v) is 10.8. The normalized spacial score (nSPS) is 17.5. The predicted molar refractivity (Wildman–Crippen MR) is 127 cm³/mol. The summed E-state index contributed by atoms with van der Waals surface area (Å²) in [6.07, 6.45) is 2.15. The molecule has 2 heterocycles. The number of hydrogen-bond donors (Lipinski definition) is 1. The number of thiophene rings is 1. The number of fused-ring (bicyclic) bond motifs is 1. The van der Waals surface area contributed by atoms with Crippen LogP contribution in [0.3, 0.4) is 0 Å². The van der Waals surface area contributed by atoms with Gasteiger partial charge in [0, 0.05) is 17.4 Å². The Morgan fingerprint density at radius 1 is 1.19 bits per heavy atom. The van der Waals surface area contributed by atoms with Crippen molar-refractivity contribution in [2.75, 3.05) is 6.54 Å². The van der Waals surface area contributed by atoms with Gasteiger partial charge in [0.05, 0.1) is 6.10 Å². The van der Waals surface area contributed by atoms with Gasteiger partial charge in [0.1, 0.15) is 16.7 Å². The first-order chi connectivity index (χ1) is 15.4. The molecule has 6 nitrogen and oxygen atoms in total. The maximum atomic E-state index is 12.8. The van der Waals surface area contributed by atoms with E-state index in [-0.39, 0.29) is 18.1 Å². The standard InChI is InChI=1S/C24H26NO5PS/c1-16(2)29-24(28)20-9-6-12-25(20)31(30-19-7-4-3-5-8-19)15-17-10-11-21-18(13-17)14-22(32-21)23(26)27/h3-5,7-8,10-11,13-14,16,20H,6,9,12,15H2,1-2H3,(H,26,27). The van der Waals surface area contributed by atoms with E-state index in [9.17, 15) is 14.7 Å². The van der Waals surface area contributed by atoms with E-state index in [4.69, 9.17) is 9.26 Å². The van der Waals surface area contributed by atoms with Crippen LogP contribution in [-0.4, -0.2) is 40.4 Å². The number of carbonyl (C=O) groups excluding carboxylic acids is 1. The van der Waals surface area contributed by atoms with Gasteiger partial charge in [0.25, 0.3) is 0 Å². The zero-order valence-corrected chi connectivity index (χ0v) is 19.8. The van der Waals surface area contributed by atoms with Gasteiger partial charge >= 0.3 is 11.9 Å². The third-order valence-corrected chi connectivity index (χ3v) is 8.41. The SMILES string of the molecule is CC(C)OC(=O)C1CCCN1P(Cc1ccc2sc(C(=O)O)cc2c1)Oc1ccccc1. The molecule has 0 radical (unpaired) electrons. The average Bonchev–Trinajstić information content (AvgIpc) is 3.41. The molecule has 1 N–H and O–H groups in total. The van der Waals surface area contributed by atoms with E-state index in [1.165, 1.54) is 11.3 Å². The van der Waals surface area contributed by atoms with Crippen LogP contribution in [-0.2, 0) is 15.7 Å². The second kappa shape index (κ2) is 9.99. The molecule has 2 unspecified atom stereocenters. The van der Waals surface area contributed by atoms with Crippen molar-refractivity contribution >= 4 is 41.7 Å². The highest BCUT2D eigenvalue weighted by atomic mass is 32.1. The Morgan fingerprint density at radius 2 is 1.97 bits per heavy atom. The van der Waals surface area contributed by atoms with E-state index in [1.54, 1.807) is 6.07 Å². The highest BCUT2D eigenvalue weighted by Crippen LogP contribution is 2.50. The summed E-state index contributed by atoms with van der Waals surface area (Å²) in [5.74, 6) is -0.335. The number of carboxylic acid groups (broad SMARTS) is 1. The van der Waals surface area contributed by atoms with Crippen molar-refractivity contribution in [2.45, 2.75) is 45.0 Å². The number of carbonyl (C=O) groups is 2. The molecule has 1 aromatic heterocycles. The Hall–Kier alpha value is -2.47. The molecule has 0 bridgehead atoms. The number of benzene rings is 2. The molecule has 0 amide bonds. The lowest BCUT2D eigenvalue weighted by Crippen LogP contribution is -2.36. The summed E-state index contributed by atoms with van der Waals surface area (Å²) in [6.45, 7) is 4.50. The lowest BCUT2D eigenvalue weighted by atomic mass is 10.2. The minimum Gasteiger partial charge on any atom is -0.477 e. The van der Waals surface area contributed by atoms with Crippen molar-refractivity contribution in [1.82, 2.24) is 4.67 Å². The van der Waals surface area contributed by atoms with Crippen molar-refractivity contribution in [3.05, 3.63) is 65.0 Å². The maximum Gasteiger partial charge on any atom is 0.345 e. The number of rotatable bonds is 8. The highest BCUT2D eigenvalue weighted by molar-refractivity contribution is 7.49. The molecule has 4 rings (SSSR count). The number of nitrogens with zero attached hydrogens (tertiary/aromatic N) is 1. The highest BCUT2D eigenvalue weighted by Gasteiger charge is 2.38. The van der Waals surface area contributed by atoms with Crippen LogP contribution in [0.15, 0.2) is 54.6 Å². The molecule has 1 saturated heterocycles. The summed E-state index contributed by atoms with van der Waals surface area (Å²) < 4.78 is 15.1. The number of esters is 1. The van der Waals surface area contributed by atoms with Gasteiger partial charge in [-0.15, -0.1) is 11.3 Å². The summed E-state index contributed by atoms with van der Waals surface area (Å²) >= 11 is 1.27. The molecule has 2 atom stereocenters. The zero-order valence-electron chi connectivity index (χ0n) is 18.1. The van der Waals surface area contributed by atoms with E-state index >= 15 is 0 Å². The molecule has 32 heavy (non-hydrogen) atoms. The van der Waals surface area contributed by atoms with Crippen molar-refractivity contribution in [2.24, 2.45) is 0 Å². The van der Waals surface area contributed by atoms with Gasteiger partial charge in [0.15, 0.2) is 8.30 Å².